The van der Waals surface area contributed by atoms with Crippen molar-refractivity contribution in [1.29, 1.82) is 0 Å². The largest absolute Gasteiger partial charge is 0.372 e. The van der Waals surface area contributed by atoms with E-state index in [0.29, 0.717) is 19.1 Å². The molecule has 1 unspecified atom stereocenters. The second-order valence-electron chi connectivity index (χ2n) is 5.99. The van der Waals surface area contributed by atoms with E-state index in [-0.39, 0.29) is 18.6 Å². The molecule has 22 heavy (non-hydrogen) atoms. The number of benzene rings is 1. The maximum Gasteiger partial charge on any atom is 0.246 e. The molecule has 1 atom stereocenters. The monoisotopic (exact) mass is 306 g/mol. The second-order valence-corrected chi connectivity index (χ2v) is 5.99. The fourth-order valence-corrected chi connectivity index (χ4v) is 2.14. The standard InChI is InChI=1S/C18H30N2O2/c1-4-5-6-11-22-13-18(21)20-12-17(19)16-9-7-15(8-10-16)14(2)3/h7-10,14,17H,4-6,11-13,19H2,1-3H3,(H,20,21). The summed E-state index contributed by atoms with van der Waals surface area (Å²) in [5.74, 6) is 0.403. The minimum Gasteiger partial charge on any atom is -0.372 e. The van der Waals surface area contributed by atoms with E-state index >= 15 is 0 Å². The zero-order chi connectivity index (χ0) is 16.4. The van der Waals surface area contributed by atoms with Crippen molar-refractivity contribution in [3.63, 3.8) is 0 Å². The number of hydrogen-bond donors (Lipinski definition) is 2. The molecular weight excluding hydrogens is 276 g/mol. The molecule has 0 bridgehead atoms. The lowest BCUT2D eigenvalue weighted by atomic mass is 9.99. The van der Waals surface area contributed by atoms with E-state index in [1.165, 1.54) is 5.56 Å². The third-order valence-corrected chi connectivity index (χ3v) is 3.68. The number of amides is 1. The van der Waals surface area contributed by atoms with Crippen molar-refractivity contribution in [2.24, 2.45) is 5.73 Å². The third-order valence-electron chi connectivity index (χ3n) is 3.68. The van der Waals surface area contributed by atoms with Crippen LogP contribution in [0.4, 0.5) is 0 Å². The van der Waals surface area contributed by atoms with Gasteiger partial charge in [-0.1, -0.05) is 57.9 Å². The number of carbonyl (C=O) groups excluding carboxylic acids is 1. The van der Waals surface area contributed by atoms with Crippen LogP contribution in [-0.4, -0.2) is 25.7 Å². The molecule has 0 aromatic heterocycles. The predicted molar refractivity (Wildman–Crippen MR) is 90.8 cm³/mol. The van der Waals surface area contributed by atoms with E-state index in [2.05, 4.69) is 38.2 Å². The molecule has 4 heteroatoms. The molecular formula is C18H30N2O2. The molecule has 124 valence electrons. The van der Waals surface area contributed by atoms with Gasteiger partial charge in [-0.2, -0.15) is 0 Å². The van der Waals surface area contributed by atoms with Crippen molar-refractivity contribution in [2.75, 3.05) is 19.8 Å². The maximum atomic E-state index is 11.7. The summed E-state index contributed by atoms with van der Waals surface area (Å²) in [4.78, 5) is 11.7. The molecule has 1 aromatic rings. The van der Waals surface area contributed by atoms with Gasteiger partial charge >= 0.3 is 0 Å². The molecule has 0 heterocycles. The highest BCUT2D eigenvalue weighted by atomic mass is 16.5. The van der Waals surface area contributed by atoms with Gasteiger partial charge in [0, 0.05) is 19.2 Å². The van der Waals surface area contributed by atoms with Crippen molar-refractivity contribution in [2.45, 2.75) is 52.0 Å². The van der Waals surface area contributed by atoms with Gasteiger partial charge < -0.3 is 15.8 Å². The van der Waals surface area contributed by atoms with Crippen LogP contribution in [-0.2, 0) is 9.53 Å². The first-order chi connectivity index (χ1) is 10.5. The number of nitrogens with one attached hydrogen (secondary N) is 1. The van der Waals surface area contributed by atoms with Crippen molar-refractivity contribution < 1.29 is 9.53 Å². The van der Waals surface area contributed by atoms with E-state index in [0.717, 1.165) is 24.8 Å². The summed E-state index contributed by atoms with van der Waals surface area (Å²) < 4.78 is 5.32. The molecule has 0 aliphatic carbocycles. The fraction of sp³-hybridized carbons (Fsp3) is 0.611. The van der Waals surface area contributed by atoms with Crippen LogP contribution >= 0.6 is 0 Å². The Morgan fingerprint density at radius 3 is 2.41 bits per heavy atom. The number of unbranched alkanes of at least 4 members (excludes halogenated alkanes) is 2. The number of nitrogens with two attached hydrogens (primary N) is 1. The molecule has 0 aliphatic rings. The number of ether oxygens (including phenoxy) is 1. The first-order valence-corrected chi connectivity index (χ1v) is 8.24. The lowest BCUT2D eigenvalue weighted by molar-refractivity contribution is -0.125. The summed E-state index contributed by atoms with van der Waals surface area (Å²) in [5.41, 5.74) is 8.44. The Balaban J connectivity index is 2.27. The van der Waals surface area contributed by atoms with Crippen LogP contribution in [0, 0.1) is 0 Å². The fourth-order valence-electron chi connectivity index (χ4n) is 2.14. The Hall–Kier alpha value is -1.39. The summed E-state index contributed by atoms with van der Waals surface area (Å²) >= 11 is 0. The molecule has 0 saturated carbocycles. The Morgan fingerprint density at radius 2 is 1.82 bits per heavy atom. The van der Waals surface area contributed by atoms with Crippen LogP contribution in [0.3, 0.4) is 0 Å². The summed E-state index contributed by atoms with van der Waals surface area (Å²) in [7, 11) is 0. The zero-order valence-corrected chi connectivity index (χ0v) is 14.1. The smallest absolute Gasteiger partial charge is 0.246 e. The van der Waals surface area contributed by atoms with Crippen molar-refractivity contribution >= 4 is 5.91 Å². The lowest BCUT2D eigenvalue weighted by Gasteiger charge is -2.14. The predicted octanol–water partition coefficient (Wildman–Crippen LogP) is 3.13. The van der Waals surface area contributed by atoms with Gasteiger partial charge in [0.25, 0.3) is 0 Å². The van der Waals surface area contributed by atoms with E-state index in [1.54, 1.807) is 0 Å². The van der Waals surface area contributed by atoms with E-state index in [4.69, 9.17) is 10.5 Å². The third kappa shape index (κ3) is 7.05. The zero-order valence-electron chi connectivity index (χ0n) is 14.1. The maximum absolute atomic E-state index is 11.7. The summed E-state index contributed by atoms with van der Waals surface area (Å²) in [6.45, 7) is 7.65. The summed E-state index contributed by atoms with van der Waals surface area (Å²) in [6, 6.07) is 8.07. The number of carbonyl (C=O) groups is 1. The molecule has 0 saturated heterocycles. The van der Waals surface area contributed by atoms with Gasteiger partial charge in [-0.05, 0) is 23.5 Å². The molecule has 1 aromatic carbocycles. The molecule has 0 spiro atoms. The highest BCUT2D eigenvalue weighted by molar-refractivity contribution is 5.77. The molecule has 3 N–H and O–H groups in total. The van der Waals surface area contributed by atoms with Crippen LogP contribution in [0.5, 0.6) is 0 Å². The van der Waals surface area contributed by atoms with Crippen LogP contribution in [0.2, 0.25) is 0 Å². The van der Waals surface area contributed by atoms with Crippen molar-refractivity contribution in [1.82, 2.24) is 5.32 Å². The van der Waals surface area contributed by atoms with E-state index in [1.807, 2.05) is 12.1 Å². The number of rotatable bonds is 10. The Kier molecular flexibility index (Phi) is 8.78. The topological polar surface area (TPSA) is 64.3 Å². The molecule has 1 rings (SSSR count). The van der Waals surface area contributed by atoms with Gasteiger partial charge in [0.05, 0.1) is 0 Å². The van der Waals surface area contributed by atoms with Gasteiger partial charge in [0.2, 0.25) is 5.91 Å². The molecule has 0 radical (unpaired) electrons. The Labute approximate surface area is 134 Å². The number of hydrogen-bond acceptors (Lipinski definition) is 3. The van der Waals surface area contributed by atoms with E-state index < -0.39 is 0 Å². The van der Waals surface area contributed by atoms with Crippen LogP contribution in [0.25, 0.3) is 0 Å². The first-order valence-electron chi connectivity index (χ1n) is 8.24. The SMILES string of the molecule is CCCCCOCC(=O)NCC(N)c1ccc(C(C)C)cc1. The highest BCUT2D eigenvalue weighted by Gasteiger charge is 2.09. The minimum absolute atomic E-state index is 0.106. The summed E-state index contributed by atoms with van der Waals surface area (Å²) in [5, 5.41) is 2.82. The normalized spacial score (nSPS) is 12.4. The molecule has 0 aliphatic heterocycles. The van der Waals surface area contributed by atoms with Crippen LogP contribution in [0.1, 0.15) is 63.1 Å². The lowest BCUT2D eigenvalue weighted by Crippen LogP contribution is -2.34. The van der Waals surface area contributed by atoms with Crippen LogP contribution < -0.4 is 11.1 Å². The first kappa shape index (κ1) is 18.7. The second kappa shape index (κ2) is 10.4. The van der Waals surface area contributed by atoms with Crippen molar-refractivity contribution in [3.05, 3.63) is 35.4 Å². The minimum atomic E-state index is -0.190. The average molecular weight is 306 g/mol. The van der Waals surface area contributed by atoms with Gasteiger partial charge in [-0.25, -0.2) is 0 Å². The average Bonchev–Trinajstić information content (AvgIpc) is 2.52. The van der Waals surface area contributed by atoms with Gasteiger partial charge in [0.1, 0.15) is 6.61 Å². The Bertz CT molecular complexity index is 429. The molecule has 0 fully saturated rings. The van der Waals surface area contributed by atoms with Gasteiger partial charge in [0.15, 0.2) is 0 Å². The van der Waals surface area contributed by atoms with E-state index in [9.17, 15) is 4.79 Å². The summed E-state index contributed by atoms with van der Waals surface area (Å²) in [6.07, 6.45) is 3.30. The molecule has 1 amide bonds. The van der Waals surface area contributed by atoms with Crippen molar-refractivity contribution in [3.8, 4) is 0 Å². The quantitative estimate of drug-likeness (QED) is 0.653. The highest BCUT2D eigenvalue weighted by Crippen LogP contribution is 2.17. The Morgan fingerprint density at radius 1 is 1.18 bits per heavy atom. The van der Waals surface area contributed by atoms with Gasteiger partial charge in [-0.3, -0.25) is 4.79 Å². The van der Waals surface area contributed by atoms with Gasteiger partial charge in [-0.15, -0.1) is 0 Å². The molecule has 4 nitrogen and oxygen atoms in total. The van der Waals surface area contributed by atoms with Crippen LogP contribution in [0.15, 0.2) is 24.3 Å².